The monoisotopic (exact) mass is 419 g/mol. The van der Waals surface area contributed by atoms with Gasteiger partial charge in [0.25, 0.3) is 17.2 Å². The van der Waals surface area contributed by atoms with E-state index in [1.165, 1.54) is 30.3 Å². The van der Waals surface area contributed by atoms with Crippen molar-refractivity contribution in [2.45, 2.75) is 0 Å². The first-order valence-electron chi connectivity index (χ1n) is 9.02. The first-order chi connectivity index (χ1) is 14.9. The second kappa shape index (κ2) is 8.03. The van der Waals surface area contributed by atoms with Crippen LogP contribution >= 0.6 is 0 Å². The van der Waals surface area contributed by atoms with Gasteiger partial charge in [-0.15, -0.1) is 0 Å². The van der Waals surface area contributed by atoms with Gasteiger partial charge in [0.05, 0.1) is 27.9 Å². The lowest BCUT2D eigenvalue weighted by atomic mass is 10.1. The molecule has 9 nitrogen and oxygen atoms in total. The predicted octanol–water partition coefficient (Wildman–Crippen LogP) is 3.97. The molecule has 1 heterocycles. The van der Waals surface area contributed by atoms with Crippen LogP contribution in [0.1, 0.15) is 10.4 Å². The highest BCUT2D eigenvalue weighted by molar-refractivity contribution is 6.04. The molecular weight excluding hydrogens is 405 g/mol. The van der Waals surface area contributed by atoms with Crippen molar-refractivity contribution in [2.75, 3.05) is 10.6 Å². The van der Waals surface area contributed by atoms with Gasteiger partial charge in [-0.2, -0.15) is 0 Å². The molecule has 4 rings (SSSR count). The molecule has 3 N–H and O–H groups in total. The standard InChI is InChI=1S/C21H14FN5O4/c22-15-4-2-1-3-14(15)20(28)26-13-7-5-12(6-8-13)25-16-9-10-17(27(30)31)19-18(16)21(29)24-11-23-19/h1-11,25H,(H,26,28)(H,23,24,29). The van der Waals surface area contributed by atoms with E-state index in [1.54, 1.807) is 30.3 Å². The first kappa shape index (κ1) is 19.7. The zero-order valence-electron chi connectivity index (χ0n) is 15.8. The van der Waals surface area contributed by atoms with Crippen LogP contribution in [-0.4, -0.2) is 20.8 Å². The number of non-ortho nitro benzene ring substituents is 1. The molecule has 0 fully saturated rings. The Morgan fingerprint density at radius 3 is 2.45 bits per heavy atom. The van der Waals surface area contributed by atoms with Gasteiger partial charge in [0.2, 0.25) is 0 Å². The van der Waals surface area contributed by atoms with Gasteiger partial charge in [-0.05, 0) is 42.5 Å². The van der Waals surface area contributed by atoms with Crippen molar-refractivity contribution in [2.24, 2.45) is 0 Å². The average molecular weight is 419 g/mol. The maximum atomic E-state index is 13.7. The Bertz CT molecular complexity index is 1370. The quantitative estimate of drug-likeness (QED) is 0.332. The van der Waals surface area contributed by atoms with Crippen molar-refractivity contribution in [3.05, 3.63) is 98.8 Å². The number of hydrogen-bond donors (Lipinski definition) is 3. The number of carbonyl (C=O) groups excluding carboxylic acids is 1. The van der Waals surface area contributed by atoms with Gasteiger partial charge in [0, 0.05) is 17.4 Å². The zero-order chi connectivity index (χ0) is 22.0. The Kier molecular flexibility index (Phi) is 5.10. The molecule has 3 aromatic carbocycles. The lowest BCUT2D eigenvalue weighted by Gasteiger charge is -2.11. The molecule has 0 aliphatic rings. The summed E-state index contributed by atoms with van der Waals surface area (Å²) in [6.45, 7) is 0. The van der Waals surface area contributed by atoms with Crippen molar-refractivity contribution < 1.29 is 14.1 Å². The van der Waals surface area contributed by atoms with Crippen molar-refractivity contribution >= 4 is 39.6 Å². The third kappa shape index (κ3) is 3.94. The van der Waals surface area contributed by atoms with Crippen LogP contribution in [0.3, 0.4) is 0 Å². The minimum Gasteiger partial charge on any atom is -0.355 e. The van der Waals surface area contributed by atoms with Gasteiger partial charge in [0.1, 0.15) is 5.82 Å². The van der Waals surface area contributed by atoms with Crippen LogP contribution in [0.2, 0.25) is 0 Å². The zero-order valence-corrected chi connectivity index (χ0v) is 15.8. The number of benzene rings is 3. The molecule has 0 unspecified atom stereocenters. The topological polar surface area (TPSA) is 130 Å². The number of H-pyrrole nitrogens is 1. The molecule has 0 saturated heterocycles. The molecule has 10 heteroatoms. The highest BCUT2D eigenvalue weighted by Gasteiger charge is 2.18. The fourth-order valence-electron chi connectivity index (χ4n) is 3.06. The highest BCUT2D eigenvalue weighted by atomic mass is 19.1. The maximum absolute atomic E-state index is 13.7. The number of halogens is 1. The van der Waals surface area contributed by atoms with Crippen molar-refractivity contribution in [3.63, 3.8) is 0 Å². The van der Waals surface area contributed by atoms with Gasteiger partial charge < -0.3 is 15.6 Å². The average Bonchev–Trinajstić information content (AvgIpc) is 2.75. The lowest BCUT2D eigenvalue weighted by Crippen LogP contribution is -2.13. The maximum Gasteiger partial charge on any atom is 0.295 e. The van der Waals surface area contributed by atoms with Crippen LogP contribution < -0.4 is 16.2 Å². The second-order valence-electron chi connectivity index (χ2n) is 6.48. The van der Waals surface area contributed by atoms with E-state index in [0.29, 0.717) is 17.1 Å². The number of fused-ring (bicyclic) bond motifs is 1. The van der Waals surface area contributed by atoms with Crippen LogP contribution in [0.4, 0.5) is 27.1 Å². The molecule has 0 aliphatic carbocycles. The first-order valence-corrected chi connectivity index (χ1v) is 9.02. The number of nitrogens with zero attached hydrogens (tertiary/aromatic N) is 2. The fraction of sp³-hybridized carbons (Fsp3) is 0. The lowest BCUT2D eigenvalue weighted by molar-refractivity contribution is -0.383. The van der Waals surface area contributed by atoms with Crippen LogP contribution in [0.15, 0.2) is 71.8 Å². The SMILES string of the molecule is O=C(Nc1ccc(Nc2ccc([N+](=O)[O-])c3nc[nH]c(=O)c23)cc1)c1ccccc1F. The van der Waals surface area contributed by atoms with E-state index in [0.717, 1.165) is 6.33 Å². The summed E-state index contributed by atoms with van der Waals surface area (Å²) in [7, 11) is 0. The smallest absolute Gasteiger partial charge is 0.295 e. The predicted molar refractivity (Wildman–Crippen MR) is 113 cm³/mol. The number of nitro benzene ring substituents is 1. The highest BCUT2D eigenvalue weighted by Crippen LogP contribution is 2.29. The Hall–Kier alpha value is -4.60. The third-order valence-corrected chi connectivity index (χ3v) is 4.51. The van der Waals surface area contributed by atoms with Crippen molar-refractivity contribution in [1.82, 2.24) is 9.97 Å². The molecule has 154 valence electrons. The Morgan fingerprint density at radius 2 is 1.74 bits per heavy atom. The third-order valence-electron chi connectivity index (χ3n) is 4.51. The van der Waals surface area contributed by atoms with Crippen LogP contribution in [-0.2, 0) is 0 Å². The van der Waals surface area contributed by atoms with E-state index >= 15 is 0 Å². The molecule has 0 spiro atoms. The van der Waals surface area contributed by atoms with Gasteiger partial charge >= 0.3 is 0 Å². The molecule has 0 radical (unpaired) electrons. The molecule has 1 aromatic heterocycles. The Balaban J connectivity index is 1.59. The number of aromatic nitrogens is 2. The fourth-order valence-corrected chi connectivity index (χ4v) is 3.06. The minimum atomic E-state index is -0.623. The second-order valence-corrected chi connectivity index (χ2v) is 6.48. The van der Waals surface area contributed by atoms with E-state index in [-0.39, 0.29) is 22.2 Å². The van der Waals surface area contributed by atoms with Crippen molar-refractivity contribution in [1.29, 1.82) is 0 Å². The van der Waals surface area contributed by atoms with E-state index in [1.807, 2.05) is 0 Å². The molecule has 1 amide bonds. The number of nitrogens with one attached hydrogen (secondary N) is 3. The number of amides is 1. The molecule has 0 aliphatic heterocycles. The largest absolute Gasteiger partial charge is 0.355 e. The summed E-state index contributed by atoms with van der Waals surface area (Å²) >= 11 is 0. The minimum absolute atomic E-state index is 0.0347. The molecule has 0 bridgehead atoms. The number of hydrogen-bond acceptors (Lipinski definition) is 6. The molecular formula is C21H14FN5O4. The summed E-state index contributed by atoms with van der Waals surface area (Å²) in [5.41, 5.74) is 0.413. The number of rotatable bonds is 5. The van der Waals surface area contributed by atoms with E-state index < -0.39 is 22.2 Å². The Labute approximate surface area is 173 Å². The number of anilines is 3. The van der Waals surface area contributed by atoms with Gasteiger partial charge in [-0.25, -0.2) is 9.37 Å². The van der Waals surface area contributed by atoms with Crippen LogP contribution in [0, 0.1) is 15.9 Å². The summed E-state index contributed by atoms with van der Waals surface area (Å²) in [6, 6.07) is 14.8. The molecule has 0 saturated carbocycles. The summed E-state index contributed by atoms with van der Waals surface area (Å²) < 4.78 is 13.7. The van der Waals surface area contributed by atoms with Gasteiger partial charge in [-0.1, -0.05) is 12.1 Å². The van der Waals surface area contributed by atoms with E-state index in [4.69, 9.17) is 0 Å². The normalized spacial score (nSPS) is 10.6. The van der Waals surface area contributed by atoms with Crippen LogP contribution in [0.5, 0.6) is 0 Å². The Morgan fingerprint density at radius 1 is 1.03 bits per heavy atom. The molecule has 4 aromatic rings. The summed E-state index contributed by atoms with van der Waals surface area (Å²) in [6.07, 6.45) is 1.11. The van der Waals surface area contributed by atoms with E-state index in [2.05, 4.69) is 20.6 Å². The number of nitro groups is 1. The van der Waals surface area contributed by atoms with Gasteiger partial charge in [-0.3, -0.25) is 19.7 Å². The number of aromatic amines is 1. The summed E-state index contributed by atoms with van der Waals surface area (Å²) in [5.74, 6) is -1.21. The molecule has 31 heavy (non-hydrogen) atoms. The van der Waals surface area contributed by atoms with Crippen molar-refractivity contribution in [3.8, 4) is 0 Å². The summed E-state index contributed by atoms with van der Waals surface area (Å²) in [4.78, 5) is 41.4. The molecule has 0 atom stereocenters. The van der Waals surface area contributed by atoms with Crippen LogP contribution in [0.25, 0.3) is 10.9 Å². The van der Waals surface area contributed by atoms with Gasteiger partial charge in [0.15, 0.2) is 5.52 Å². The summed E-state index contributed by atoms with van der Waals surface area (Å²) in [5, 5.41) is 16.9. The van der Waals surface area contributed by atoms with E-state index in [9.17, 15) is 24.1 Å². The number of carbonyl (C=O) groups is 1.